The molecule has 3 N–H and O–H groups in total. The van der Waals surface area contributed by atoms with Crippen molar-refractivity contribution in [2.24, 2.45) is 5.10 Å². The van der Waals surface area contributed by atoms with E-state index < -0.39 is 11.2 Å². The average molecular weight is 333 g/mol. The number of carbonyl (C=O) groups excluding carboxylic acids is 1. The first-order valence-electron chi connectivity index (χ1n) is 6.81. The smallest absolute Gasteiger partial charge is 0.272 e. The molecule has 1 aromatic carbocycles. The minimum atomic E-state index is -0.692. The molecule has 23 heavy (non-hydrogen) atoms. The molecule has 9 heteroatoms. The average Bonchev–Trinajstić information content (AvgIpc) is 2.54. The highest BCUT2D eigenvalue weighted by Gasteiger charge is 2.06. The van der Waals surface area contributed by atoms with Crippen LogP contribution in [0.25, 0.3) is 0 Å². The standard InChI is InChI=1S/C14H15N5O3S/c1-2-9-3-5-10(6-4-9)7-15-17-11(20)8-23-13-12(21)16-14(22)19-18-13/h3-7H,2,8H2,1H3,(H,17,20)(H2,16,19,21,22)/b15-7+. The number of benzene rings is 1. The molecule has 1 aromatic heterocycles. The maximum Gasteiger partial charge on any atom is 0.342 e. The van der Waals surface area contributed by atoms with Crippen molar-refractivity contribution in [1.29, 1.82) is 0 Å². The number of carbonyl (C=O) groups is 1. The third-order valence-electron chi connectivity index (χ3n) is 2.81. The molecule has 1 heterocycles. The second-order valence-corrected chi connectivity index (χ2v) is 5.45. The lowest BCUT2D eigenvalue weighted by atomic mass is 10.1. The Labute approximate surface area is 135 Å². The minimum absolute atomic E-state index is 0.0129. The van der Waals surface area contributed by atoms with Crippen LogP contribution in [0.1, 0.15) is 18.1 Å². The Kier molecular flexibility index (Phi) is 5.87. The molecule has 2 aromatic rings. The lowest BCUT2D eigenvalue weighted by Gasteiger charge is -1.99. The van der Waals surface area contributed by atoms with Crippen LogP contribution >= 0.6 is 11.8 Å². The van der Waals surface area contributed by atoms with Crippen molar-refractivity contribution in [2.75, 3.05) is 5.75 Å². The van der Waals surface area contributed by atoms with Gasteiger partial charge in [0.1, 0.15) is 0 Å². The third kappa shape index (κ3) is 5.22. The summed E-state index contributed by atoms with van der Waals surface area (Å²) >= 11 is 0.904. The molecule has 0 saturated carbocycles. The van der Waals surface area contributed by atoms with Gasteiger partial charge in [0.25, 0.3) is 5.56 Å². The summed E-state index contributed by atoms with van der Waals surface area (Å²) in [6, 6.07) is 7.81. The molecule has 0 fully saturated rings. The number of aromatic nitrogens is 3. The van der Waals surface area contributed by atoms with Gasteiger partial charge in [-0.1, -0.05) is 43.0 Å². The van der Waals surface area contributed by atoms with Crippen molar-refractivity contribution >= 4 is 23.9 Å². The first-order valence-corrected chi connectivity index (χ1v) is 7.79. The van der Waals surface area contributed by atoms with Gasteiger partial charge in [-0.3, -0.25) is 14.6 Å². The molecule has 0 aliphatic carbocycles. The Hall–Kier alpha value is -2.68. The van der Waals surface area contributed by atoms with Crippen LogP contribution < -0.4 is 16.7 Å². The Balaban J connectivity index is 1.83. The van der Waals surface area contributed by atoms with Gasteiger partial charge in [0.2, 0.25) is 5.91 Å². The van der Waals surface area contributed by atoms with E-state index in [2.05, 4.69) is 27.6 Å². The highest BCUT2D eigenvalue weighted by molar-refractivity contribution is 7.99. The number of hydrogen-bond acceptors (Lipinski definition) is 6. The molecule has 0 unspecified atom stereocenters. The van der Waals surface area contributed by atoms with Crippen molar-refractivity contribution in [3.05, 3.63) is 56.2 Å². The van der Waals surface area contributed by atoms with Crippen LogP contribution in [0, 0.1) is 0 Å². The number of rotatable bonds is 6. The maximum atomic E-state index is 11.6. The summed E-state index contributed by atoms with van der Waals surface area (Å²) in [6.45, 7) is 2.07. The van der Waals surface area contributed by atoms with Crippen molar-refractivity contribution < 1.29 is 4.79 Å². The number of thioether (sulfide) groups is 1. The summed E-state index contributed by atoms with van der Waals surface area (Å²) in [4.78, 5) is 35.9. The zero-order valence-corrected chi connectivity index (χ0v) is 13.1. The van der Waals surface area contributed by atoms with E-state index in [4.69, 9.17) is 0 Å². The number of H-pyrrole nitrogens is 2. The molecule has 0 radical (unpaired) electrons. The van der Waals surface area contributed by atoms with Gasteiger partial charge in [-0.15, -0.1) is 0 Å². The van der Waals surface area contributed by atoms with Gasteiger partial charge in [0, 0.05) is 0 Å². The fraction of sp³-hybridized carbons (Fsp3) is 0.214. The number of nitrogens with one attached hydrogen (secondary N) is 3. The van der Waals surface area contributed by atoms with Gasteiger partial charge < -0.3 is 0 Å². The lowest BCUT2D eigenvalue weighted by Crippen LogP contribution is -2.26. The van der Waals surface area contributed by atoms with Crippen LogP contribution in [0.4, 0.5) is 0 Å². The van der Waals surface area contributed by atoms with E-state index in [0.29, 0.717) is 0 Å². The molecule has 0 aliphatic heterocycles. The van der Waals surface area contributed by atoms with E-state index in [1.807, 2.05) is 29.2 Å². The lowest BCUT2D eigenvalue weighted by molar-refractivity contribution is -0.118. The predicted octanol–water partition coefficient (Wildman–Crippen LogP) is 0.263. The van der Waals surface area contributed by atoms with E-state index >= 15 is 0 Å². The summed E-state index contributed by atoms with van der Waals surface area (Å²) in [6.07, 6.45) is 2.50. The molecule has 8 nitrogen and oxygen atoms in total. The van der Waals surface area contributed by atoms with Gasteiger partial charge in [0.05, 0.1) is 12.0 Å². The van der Waals surface area contributed by atoms with E-state index in [0.717, 1.165) is 23.7 Å². The van der Waals surface area contributed by atoms with Gasteiger partial charge in [0.15, 0.2) is 5.03 Å². The molecule has 120 valence electrons. The predicted molar refractivity (Wildman–Crippen MR) is 87.8 cm³/mol. The third-order valence-corrected chi connectivity index (χ3v) is 3.77. The number of hydrazone groups is 1. The van der Waals surface area contributed by atoms with Gasteiger partial charge in [-0.05, 0) is 17.5 Å². The van der Waals surface area contributed by atoms with Crippen LogP contribution in [0.3, 0.4) is 0 Å². The molecule has 0 bridgehead atoms. The number of aryl methyl sites for hydroxylation is 1. The number of hydrogen-bond donors (Lipinski definition) is 3. The molecule has 0 atom stereocenters. The molecule has 0 spiro atoms. The number of nitrogens with zero attached hydrogens (tertiary/aromatic N) is 2. The summed E-state index contributed by atoms with van der Waals surface area (Å²) in [5, 5.41) is 9.51. The van der Waals surface area contributed by atoms with Gasteiger partial charge in [-0.25, -0.2) is 15.3 Å². The summed E-state index contributed by atoms with van der Waals surface area (Å²) < 4.78 is 0. The first kappa shape index (κ1) is 16.7. The molecular weight excluding hydrogens is 318 g/mol. The topological polar surface area (TPSA) is 120 Å². The summed E-state index contributed by atoms with van der Waals surface area (Å²) in [5.41, 5.74) is 3.13. The van der Waals surface area contributed by atoms with E-state index in [-0.39, 0.29) is 16.7 Å². The first-order chi connectivity index (χ1) is 11.1. The largest absolute Gasteiger partial charge is 0.342 e. The quantitative estimate of drug-likeness (QED) is 0.398. The normalized spacial score (nSPS) is 10.8. The van der Waals surface area contributed by atoms with E-state index in [9.17, 15) is 14.4 Å². The highest BCUT2D eigenvalue weighted by atomic mass is 32.2. The zero-order valence-electron chi connectivity index (χ0n) is 12.3. The number of aromatic amines is 2. The van der Waals surface area contributed by atoms with E-state index in [1.54, 1.807) is 0 Å². The molecule has 0 saturated heterocycles. The summed E-state index contributed by atoms with van der Waals surface area (Å²) in [5.74, 6) is -0.433. The second kappa shape index (κ2) is 8.08. The molecular formula is C14H15N5O3S. The molecule has 1 amide bonds. The Morgan fingerprint density at radius 1 is 1.35 bits per heavy atom. The van der Waals surface area contributed by atoms with Crippen LogP contribution in [0.15, 0.2) is 44.0 Å². The van der Waals surface area contributed by atoms with Crippen LogP contribution in [-0.2, 0) is 11.2 Å². The maximum absolute atomic E-state index is 11.6. The fourth-order valence-electron chi connectivity index (χ4n) is 1.62. The SMILES string of the molecule is CCc1ccc(/C=N/NC(=O)CSc2n[nH]c(=O)[nH]c2=O)cc1. The minimum Gasteiger partial charge on any atom is -0.272 e. The van der Waals surface area contributed by atoms with Gasteiger partial charge in [-0.2, -0.15) is 10.2 Å². The fourth-order valence-corrected chi connectivity index (χ4v) is 2.24. The summed E-state index contributed by atoms with van der Waals surface area (Å²) in [7, 11) is 0. The molecule has 0 aliphatic rings. The highest BCUT2D eigenvalue weighted by Crippen LogP contribution is 2.07. The van der Waals surface area contributed by atoms with Crippen molar-refractivity contribution in [3.8, 4) is 0 Å². The van der Waals surface area contributed by atoms with Crippen LogP contribution in [0.2, 0.25) is 0 Å². The Morgan fingerprint density at radius 2 is 2.09 bits per heavy atom. The Morgan fingerprint density at radius 3 is 2.74 bits per heavy atom. The Bertz CT molecular complexity index is 810. The second-order valence-electron chi connectivity index (χ2n) is 4.49. The van der Waals surface area contributed by atoms with E-state index in [1.165, 1.54) is 11.8 Å². The van der Waals surface area contributed by atoms with Crippen LogP contribution in [-0.4, -0.2) is 33.1 Å². The monoisotopic (exact) mass is 333 g/mol. The van der Waals surface area contributed by atoms with Crippen LogP contribution in [0.5, 0.6) is 0 Å². The zero-order chi connectivity index (χ0) is 16.7. The van der Waals surface area contributed by atoms with Crippen molar-refractivity contribution in [2.45, 2.75) is 18.4 Å². The number of amides is 1. The molecule has 2 rings (SSSR count). The van der Waals surface area contributed by atoms with Crippen molar-refractivity contribution in [1.82, 2.24) is 20.6 Å². The van der Waals surface area contributed by atoms with Crippen molar-refractivity contribution in [3.63, 3.8) is 0 Å². The van der Waals surface area contributed by atoms with Gasteiger partial charge >= 0.3 is 5.69 Å².